The van der Waals surface area contributed by atoms with Crippen molar-refractivity contribution in [3.8, 4) is 5.75 Å². The number of rotatable bonds is 4. The third kappa shape index (κ3) is 2.88. The van der Waals surface area contributed by atoms with Crippen molar-refractivity contribution in [2.75, 3.05) is 14.2 Å². The molecule has 0 saturated carbocycles. The molecule has 0 N–H and O–H groups in total. The molecule has 1 heterocycles. The minimum absolute atomic E-state index is 0.00489. The molecular formula is C15H16BrNO2S. The SMILES string of the molecule is COc1ccccc1C(C)N(C)C(=O)c1sccc1Br. The molecule has 106 valence electrons. The maximum atomic E-state index is 12.5. The second-order valence-electron chi connectivity index (χ2n) is 4.43. The van der Waals surface area contributed by atoms with Gasteiger partial charge in [0.05, 0.1) is 13.2 Å². The summed E-state index contributed by atoms with van der Waals surface area (Å²) in [5.41, 5.74) is 0.999. The van der Waals surface area contributed by atoms with E-state index in [4.69, 9.17) is 4.74 Å². The summed E-state index contributed by atoms with van der Waals surface area (Å²) in [7, 11) is 3.45. The zero-order valence-corrected chi connectivity index (χ0v) is 14.0. The summed E-state index contributed by atoms with van der Waals surface area (Å²) in [4.78, 5) is 15.0. The Morgan fingerprint density at radius 2 is 2.05 bits per heavy atom. The number of carbonyl (C=O) groups is 1. The minimum atomic E-state index is -0.0624. The second-order valence-corrected chi connectivity index (χ2v) is 6.20. The van der Waals surface area contributed by atoms with E-state index in [9.17, 15) is 4.79 Å². The van der Waals surface area contributed by atoms with Gasteiger partial charge in [-0.1, -0.05) is 18.2 Å². The lowest BCUT2D eigenvalue weighted by Crippen LogP contribution is -2.29. The van der Waals surface area contributed by atoms with Gasteiger partial charge >= 0.3 is 0 Å². The first-order chi connectivity index (χ1) is 9.56. The predicted molar refractivity (Wildman–Crippen MR) is 85.5 cm³/mol. The Morgan fingerprint density at radius 3 is 2.65 bits per heavy atom. The lowest BCUT2D eigenvalue weighted by molar-refractivity contribution is 0.0745. The Labute approximate surface area is 131 Å². The summed E-state index contributed by atoms with van der Waals surface area (Å²) >= 11 is 4.85. The zero-order chi connectivity index (χ0) is 14.7. The van der Waals surface area contributed by atoms with Crippen LogP contribution in [0.25, 0.3) is 0 Å². The molecular weight excluding hydrogens is 338 g/mol. The number of amides is 1. The Morgan fingerprint density at radius 1 is 1.35 bits per heavy atom. The first-order valence-electron chi connectivity index (χ1n) is 6.19. The Balaban J connectivity index is 2.27. The summed E-state index contributed by atoms with van der Waals surface area (Å²) in [5, 5.41) is 1.90. The molecule has 0 aliphatic carbocycles. The van der Waals surface area contributed by atoms with Gasteiger partial charge in [0.2, 0.25) is 0 Å². The highest BCUT2D eigenvalue weighted by atomic mass is 79.9. The fraction of sp³-hybridized carbons (Fsp3) is 0.267. The van der Waals surface area contributed by atoms with Crippen LogP contribution in [0.4, 0.5) is 0 Å². The van der Waals surface area contributed by atoms with E-state index in [2.05, 4.69) is 15.9 Å². The van der Waals surface area contributed by atoms with E-state index >= 15 is 0 Å². The zero-order valence-electron chi connectivity index (χ0n) is 11.6. The van der Waals surface area contributed by atoms with Gasteiger partial charge in [-0.15, -0.1) is 11.3 Å². The summed E-state index contributed by atoms with van der Waals surface area (Å²) in [5.74, 6) is 0.801. The van der Waals surface area contributed by atoms with E-state index in [1.165, 1.54) is 11.3 Å². The molecule has 0 radical (unpaired) electrons. The van der Waals surface area contributed by atoms with E-state index in [1.807, 2.05) is 49.7 Å². The number of benzene rings is 1. The van der Waals surface area contributed by atoms with Gasteiger partial charge in [-0.2, -0.15) is 0 Å². The fourth-order valence-electron chi connectivity index (χ4n) is 2.00. The number of nitrogens with zero attached hydrogens (tertiary/aromatic N) is 1. The average Bonchev–Trinajstić information content (AvgIpc) is 2.91. The van der Waals surface area contributed by atoms with Crippen molar-refractivity contribution in [2.45, 2.75) is 13.0 Å². The molecule has 0 saturated heterocycles. The fourth-order valence-corrected chi connectivity index (χ4v) is 3.53. The van der Waals surface area contributed by atoms with Gasteiger partial charge in [-0.3, -0.25) is 4.79 Å². The molecule has 20 heavy (non-hydrogen) atoms. The maximum absolute atomic E-state index is 12.5. The molecule has 0 fully saturated rings. The maximum Gasteiger partial charge on any atom is 0.265 e. The van der Waals surface area contributed by atoms with Crippen LogP contribution < -0.4 is 4.74 Å². The van der Waals surface area contributed by atoms with Gasteiger partial charge in [-0.25, -0.2) is 0 Å². The number of thiophene rings is 1. The van der Waals surface area contributed by atoms with Gasteiger partial charge in [-0.05, 0) is 40.4 Å². The van der Waals surface area contributed by atoms with Crippen molar-refractivity contribution in [2.24, 2.45) is 0 Å². The van der Waals surface area contributed by atoms with Crippen molar-refractivity contribution < 1.29 is 9.53 Å². The molecule has 0 aliphatic heterocycles. The van der Waals surface area contributed by atoms with E-state index in [0.29, 0.717) is 4.88 Å². The van der Waals surface area contributed by atoms with Crippen molar-refractivity contribution in [1.29, 1.82) is 0 Å². The van der Waals surface area contributed by atoms with Crippen LogP contribution in [0.5, 0.6) is 5.75 Å². The minimum Gasteiger partial charge on any atom is -0.496 e. The van der Waals surface area contributed by atoms with Gasteiger partial charge in [0.25, 0.3) is 5.91 Å². The highest BCUT2D eigenvalue weighted by molar-refractivity contribution is 9.10. The second kappa shape index (κ2) is 6.41. The van der Waals surface area contributed by atoms with Crippen LogP contribution in [-0.2, 0) is 0 Å². The molecule has 1 atom stereocenters. The van der Waals surface area contributed by atoms with E-state index in [1.54, 1.807) is 12.0 Å². The number of methoxy groups -OCH3 is 1. The number of para-hydroxylation sites is 1. The van der Waals surface area contributed by atoms with Crippen LogP contribution >= 0.6 is 27.3 Å². The third-order valence-corrected chi connectivity index (χ3v) is 5.13. The quantitative estimate of drug-likeness (QED) is 0.817. The predicted octanol–water partition coefficient (Wildman–Crippen LogP) is 4.35. The third-order valence-electron chi connectivity index (χ3n) is 3.30. The summed E-state index contributed by atoms with van der Waals surface area (Å²) in [6.45, 7) is 2.00. The monoisotopic (exact) mass is 353 g/mol. The Bertz CT molecular complexity index is 611. The van der Waals surface area contributed by atoms with Crippen LogP contribution in [0.15, 0.2) is 40.2 Å². The Kier molecular flexibility index (Phi) is 4.83. The number of hydrogen-bond acceptors (Lipinski definition) is 3. The molecule has 0 spiro atoms. The smallest absolute Gasteiger partial charge is 0.265 e. The standard InChI is InChI=1S/C15H16BrNO2S/c1-10(11-6-4-5-7-13(11)19-3)17(2)15(18)14-12(16)8-9-20-14/h4-10H,1-3H3. The number of ether oxygens (including phenoxy) is 1. The normalized spacial score (nSPS) is 12.0. The van der Waals surface area contributed by atoms with E-state index in [0.717, 1.165) is 15.8 Å². The van der Waals surface area contributed by atoms with Gasteiger partial charge in [0.1, 0.15) is 10.6 Å². The van der Waals surface area contributed by atoms with Crippen LogP contribution in [0.2, 0.25) is 0 Å². The molecule has 2 aromatic rings. The molecule has 1 aromatic carbocycles. The largest absolute Gasteiger partial charge is 0.496 e. The summed E-state index contributed by atoms with van der Waals surface area (Å²) in [6, 6.07) is 9.59. The van der Waals surface area contributed by atoms with Gasteiger partial charge in [0.15, 0.2) is 0 Å². The molecule has 0 aliphatic rings. The van der Waals surface area contributed by atoms with Crippen LogP contribution in [0, 0.1) is 0 Å². The highest BCUT2D eigenvalue weighted by Gasteiger charge is 2.23. The molecule has 0 bridgehead atoms. The molecule has 1 unspecified atom stereocenters. The number of halogens is 1. The van der Waals surface area contributed by atoms with Crippen molar-refractivity contribution in [3.05, 3.63) is 50.6 Å². The molecule has 2 rings (SSSR count). The Hall–Kier alpha value is -1.33. The highest BCUT2D eigenvalue weighted by Crippen LogP contribution is 2.31. The van der Waals surface area contributed by atoms with Gasteiger partial charge in [0, 0.05) is 17.1 Å². The lowest BCUT2D eigenvalue weighted by atomic mass is 10.1. The molecule has 1 amide bonds. The summed E-state index contributed by atoms with van der Waals surface area (Å²) in [6.07, 6.45) is 0. The average molecular weight is 354 g/mol. The first kappa shape index (κ1) is 15.1. The van der Waals surface area contributed by atoms with Crippen LogP contribution in [0.1, 0.15) is 28.2 Å². The van der Waals surface area contributed by atoms with E-state index < -0.39 is 0 Å². The number of hydrogen-bond donors (Lipinski definition) is 0. The van der Waals surface area contributed by atoms with Gasteiger partial charge < -0.3 is 9.64 Å². The van der Waals surface area contributed by atoms with Crippen molar-refractivity contribution >= 4 is 33.2 Å². The molecule has 5 heteroatoms. The topological polar surface area (TPSA) is 29.5 Å². The lowest BCUT2D eigenvalue weighted by Gasteiger charge is -2.26. The van der Waals surface area contributed by atoms with Crippen LogP contribution in [0.3, 0.4) is 0 Å². The van der Waals surface area contributed by atoms with Crippen molar-refractivity contribution in [1.82, 2.24) is 4.90 Å². The summed E-state index contributed by atoms with van der Waals surface area (Å²) < 4.78 is 6.21. The van der Waals surface area contributed by atoms with E-state index in [-0.39, 0.29) is 11.9 Å². The van der Waals surface area contributed by atoms with Crippen molar-refractivity contribution in [3.63, 3.8) is 0 Å². The molecule has 1 aromatic heterocycles. The van der Waals surface area contributed by atoms with Crippen LogP contribution in [-0.4, -0.2) is 25.0 Å². The molecule has 3 nitrogen and oxygen atoms in total. The number of carbonyl (C=O) groups excluding carboxylic acids is 1. The first-order valence-corrected chi connectivity index (χ1v) is 7.86.